The molecule has 0 aliphatic heterocycles. The highest BCUT2D eigenvalue weighted by atomic mass is 32.2. The van der Waals surface area contributed by atoms with Crippen LogP contribution in [-0.4, -0.2) is 31.9 Å². The number of para-hydroxylation sites is 1. The van der Waals surface area contributed by atoms with E-state index in [2.05, 4.69) is 16.7 Å². The maximum Gasteiger partial charge on any atom is 0.263 e. The fraction of sp³-hybridized carbons (Fsp3) is 0.375. The van der Waals surface area contributed by atoms with E-state index < -0.39 is 10.0 Å². The van der Waals surface area contributed by atoms with Crippen LogP contribution >= 0.6 is 0 Å². The summed E-state index contributed by atoms with van der Waals surface area (Å²) >= 11 is 0. The number of hydrogen-bond donors (Lipinski definition) is 1. The van der Waals surface area contributed by atoms with E-state index in [0.29, 0.717) is 18.8 Å². The molecule has 7 heteroatoms. The lowest BCUT2D eigenvalue weighted by Crippen LogP contribution is -2.16. The molecule has 0 fully saturated rings. The van der Waals surface area contributed by atoms with Crippen LogP contribution in [0, 0.1) is 6.92 Å². The average Bonchev–Trinajstić information content (AvgIpc) is 3.14. The molecule has 0 amide bonds. The van der Waals surface area contributed by atoms with Crippen LogP contribution in [0.25, 0.3) is 5.69 Å². The molecule has 1 heterocycles. The lowest BCUT2D eigenvalue weighted by atomic mass is 10.1. The van der Waals surface area contributed by atoms with Crippen molar-refractivity contribution in [2.24, 2.45) is 0 Å². The van der Waals surface area contributed by atoms with E-state index in [1.807, 2.05) is 43.3 Å². The molecule has 31 heavy (non-hydrogen) atoms. The van der Waals surface area contributed by atoms with Crippen LogP contribution in [0.2, 0.25) is 0 Å². The molecule has 6 nitrogen and oxygen atoms in total. The monoisotopic (exact) mass is 441 g/mol. The van der Waals surface area contributed by atoms with E-state index in [4.69, 9.17) is 4.74 Å². The second-order valence-electron chi connectivity index (χ2n) is 7.67. The SMILES string of the molecule is CCCCc1ccc(S(=O)(=O)Nc2cc(CCCOC)nn2-c2ccccc2C)cc1. The number of unbranched alkanes of at least 4 members (excludes halogenated alkanes) is 1. The molecule has 1 N–H and O–H groups in total. The molecule has 1 aromatic heterocycles. The molecule has 0 aliphatic rings. The summed E-state index contributed by atoms with van der Waals surface area (Å²) in [6.45, 7) is 4.75. The molecule has 0 atom stereocenters. The number of rotatable bonds is 11. The first-order valence-corrected chi connectivity index (χ1v) is 12.2. The summed E-state index contributed by atoms with van der Waals surface area (Å²) in [5.41, 5.74) is 3.81. The highest BCUT2D eigenvalue weighted by molar-refractivity contribution is 7.92. The number of anilines is 1. The fourth-order valence-electron chi connectivity index (χ4n) is 3.42. The van der Waals surface area contributed by atoms with Gasteiger partial charge in [0.05, 0.1) is 16.3 Å². The van der Waals surface area contributed by atoms with Crippen molar-refractivity contribution < 1.29 is 13.2 Å². The predicted molar refractivity (Wildman–Crippen MR) is 124 cm³/mol. The predicted octanol–water partition coefficient (Wildman–Crippen LogP) is 4.90. The molecule has 3 rings (SSSR count). The summed E-state index contributed by atoms with van der Waals surface area (Å²) < 4.78 is 35.7. The molecule has 0 unspecified atom stereocenters. The van der Waals surface area contributed by atoms with Gasteiger partial charge in [-0.1, -0.05) is 43.7 Å². The van der Waals surface area contributed by atoms with Crippen LogP contribution in [0.1, 0.15) is 43.0 Å². The van der Waals surface area contributed by atoms with Crippen molar-refractivity contribution in [3.8, 4) is 5.69 Å². The van der Waals surface area contributed by atoms with Crippen molar-refractivity contribution >= 4 is 15.8 Å². The van der Waals surface area contributed by atoms with Crippen LogP contribution in [-0.2, 0) is 27.6 Å². The van der Waals surface area contributed by atoms with Gasteiger partial charge in [0.1, 0.15) is 5.82 Å². The maximum atomic E-state index is 13.1. The van der Waals surface area contributed by atoms with Gasteiger partial charge < -0.3 is 4.74 Å². The van der Waals surface area contributed by atoms with Crippen LogP contribution in [0.4, 0.5) is 5.82 Å². The lowest BCUT2D eigenvalue weighted by Gasteiger charge is -2.12. The Morgan fingerprint density at radius 1 is 1.03 bits per heavy atom. The van der Waals surface area contributed by atoms with E-state index in [9.17, 15) is 8.42 Å². The Bertz CT molecular complexity index is 1090. The Hall–Kier alpha value is -2.64. The van der Waals surface area contributed by atoms with E-state index in [1.165, 1.54) is 0 Å². The summed E-state index contributed by atoms with van der Waals surface area (Å²) in [6, 6.07) is 16.7. The Kier molecular flexibility index (Phi) is 7.87. The summed E-state index contributed by atoms with van der Waals surface area (Å²) in [6.07, 6.45) is 4.67. The zero-order valence-electron chi connectivity index (χ0n) is 18.5. The highest BCUT2D eigenvalue weighted by Crippen LogP contribution is 2.24. The number of benzene rings is 2. The van der Waals surface area contributed by atoms with Crippen molar-refractivity contribution in [2.45, 2.75) is 50.8 Å². The highest BCUT2D eigenvalue weighted by Gasteiger charge is 2.19. The third-order valence-electron chi connectivity index (χ3n) is 5.18. The third-order valence-corrected chi connectivity index (χ3v) is 6.55. The standard InChI is InChI=1S/C24H31N3O3S/c1-4-5-10-20-13-15-22(16-14-20)31(28,29)26-24-18-21(11-8-17-30-3)25-27(24)23-12-7-6-9-19(23)2/h6-7,9,12-16,18,26H,4-5,8,10-11,17H2,1-3H3. The Balaban J connectivity index is 1.90. The van der Waals surface area contributed by atoms with Crippen molar-refractivity contribution in [2.75, 3.05) is 18.4 Å². The normalized spacial score (nSPS) is 11.6. The Morgan fingerprint density at radius 2 is 1.77 bits per heavy atom. The molecule has 0 bridgehead atoms. The van der Waals surface area contributed by atoms with E-state index in [0.717, 1.165) is 48.2 Å². The number of aryl methyl sites for hydroxylation is 3. The van der Waals surface area contributed by atoms with Gasteiger partial charge in [0.25, 0.3) is 10.0 Å². The molecule has 0 saturated carbocycles. The molecule has 2 aromatic carbocycles. The first-order chi connectivity index (χ1) is 14.9. The second kappa shape index (κ2) is 10.6. The molecular formula is C24H31N3O3S. The van der Waals surface area contributed by atoms with Gasteiger partial charge >= 0.3 is 0 Å². The third kappa shape index (κ3) is 5.95. The van der Waals surface area contributed by atoms with Crippen molar-refractivity contribution in [3.05, 3.63) is 71.4 Å². The van der Waals surface area contributed by atoms with Gasteiger partial charge in [-0.05, 0) is 61.9 Å². The first kappa shape index (κ1) is 23.0. The summed E-state index contributed by atoms with van der Waals surface area (Å²) in [4.78, 5) is 0.242. The number of nitrogens with zero attached hydrogens (tertiary/aromatic N) is 2. The average molecular weight is 442 g/mol. The molecule has 166 valence electrons. The van der Waals surface area contributed by atoms with Gasteiger partial charge in [-0.2, -0.15) is 5.10 Å². The number of nitrogens with one attached hydrogen (secondary N) is 1. The van der Waals surface area contributed by atoms with Gasteiger partial charge in [0.2, 0.25) is 0 Å². The number of ether oxygens (including phenoxy) is 1. The van der Waals surface area contributed by atoms with E-state index >= 15 is 0 Å². The molecule has 0 radical (unpaired) electrons. The fourth-order valence-corrected chi connectivity index (χ4v) is 4.45. The van der Waals surface area contributed by atoms with Crippen molar-refractivity contribution in [3.63, 3.8) is 0 Å². The number of sulfonamides is 1. The van der Waals surface area contributed by atoms with Gasteiger partial charge in [-0.3, -0.25) is 4.72 Å². The lowest BCUT2D eigenvalue weighted by molar-refractivity contribution is 0.195. The van der Waals surface area contributed by atoms with E-state index in [1.54, 1.807) is 30.0 Å². The molecule has 0 aliphatic carbocycles. The van der Waals surface area contributed by atoms with Crippen molar-refractivity contribution in [1.82, 2.24) is 9.78 Å². The van der Waals surface area contributed by atoms with Gasteiger partial charge in [-0.15, -0.1) is 0 Å². The number of methoxy groups -OCH3 is 1. The Morgan fingerprint density at radius 3 is 2.45 bits per heavy atom. The molecule has 3 aromatic rings. The Labute approximate surface area is 185 Å². The van der Waals surface area contributed by atoms with E-state index in [-0.39, 0.29) is 4.90 Å². The zero-order valence-corrected chi connectivity index (χ0v) is 19.3. The number of aromatic nitrogens is 2. The minimum Gasteiger partial charge on any atom is -0.385 e. The second-order valence-corrected chi connectivity index (χ2v) is 9.35. The van der Waals surface area contributed by atoms with Gasteiger partial charge in [0.15, 0.2) is 0 Å². The molecular weight excluding hydrogens is 410 g/mol. The smallest absolute Gasteiger partial charge is 0.263 e. The largest absolute Gasteiger partial charge is 0.385 e. The topological polar surface area (TPSA) is 73.2 Å². The van der Waals surface area contributed by atoms with Crippen LogP contribution in [0.5, 0.6) is 0 Å². The summed E-state index contributed by atoms with van der Waals surface area (Å²) in [5, 5.41) is 4.67. The van der Waals surface area contributed by atoms with Crippen LogP contribution in [0.3, 0.4) is 0 Å². The van der Waals surface area contributed by atoms with Crippen LogP contribution in [0.15, 0.2) is 59.5 Å². The summed E-state index contributed by atoms with van der Waals surface area (Å²) in [5.74, 6) is 0.428. The number of hydrogen-bond acceptors (Lipinski definition) is 4. The van der Waals surface area contributed by atoms with Crippen molar-refractivity contribution in [1.29, 1.82) is 0 Å². The molecule has 0 saturated heterocycles. The van der Waals surface area contributed by atoms with Gasteiger partial charge in [0, 0.05) is 19.8 Å². The minimum atomic E-state index is -3.74. The quantitative estimate of drug-likeness (QED) is 0.430. The minimum absolute atomic E-state index is 0.242. The maximum absolute atomic E-state index is 13.1. The first-order valence-electron chi connectivity index (χ1n) is 10.7. The molecule has 0 spiro atoms. The van der Waals surface area contributed by atoms with Crippen LogP contribution < -0.4 is 4.72 Å². The zero-order chi connectivity index (χ0) is 22.3. The van der Waals surface area contributed by atoms with Gasteiger partial charge in [-0.25, -0.2) is 13.1 Å². The summed E-state index contributed by atoms with van der Waals surface area (Å²) in [7, 11) is -2.08.